The number of carboxylic acids is 1. The summed E-state index contributed by atoms with van der Waals surface area (Å²) in [5, 5.41) is 8.78. The van der Waals surface area contributed by atoms with Crippen molar-refractivity contribution in [2.24, 2.45) is 11.8 Å². The zero-order valence-electron chi connectivity index (χ0n) is 10.4. The van der Waals surface area contributed by atoms with Crippen LogP contribution in [0.15, 0.2) is 12.7 Å². The van der Waals surface area contributed by atoms with Gasteiger partial charge in [-0.05, 0) is 24.7 Å². The molecule has 4 nitrogen and oxygen atoms in total. The fourth-order valence-electron chi connectivity index (χ4n) is 2.40. The predicted molar refractivity (Wildman–Crippen MR) is 65.5 cm³/mol. The van der Waals surface area contributed by atoms with Crippen molar-refractivity contribution in [2.45, 2.75) is 32.6 Å². The zero-order chi connectivity index (χ0) is 12.8. The van der Waals surface area contributed by atoms with Crippen molar-refractivity contribution < 1.29 is 14.7 Å². The van der Waals surface area contributed by atoms with E-state index in [9.17, 15) is 9.59 Å². The lowest BCUT2D eigenvalue weighted by Gasteiger charge is -2.35. The standard InChI is InChI=1S/C13H21NO3/c1-3-5-12(15)14-7-4-6-11(9-14)10(2)8-13(16)17/h3,10-11H,1,4-9H2,2H3,(H,16,17). The molecule has 0 radical (unpaired) electrons. The predicted octanol–water partition coefficient (Wildman–Crippen LogP) is 1.91. The molecular weight excluding hydrogens is 218 g/mol. The van der Waals surface area contributed by atoms with E-state index in [1.165, 1.54) is 0 Å². The highest BCUT2D eigenvalue weighted by Gasteiger charge is 2.27. The van der Waals surface area contributed by atoms with Gasteiger partial charge in [0.25, 0.3) is 0 Å². The molecule has 0 aliphatic carbocycles. The van der Waals surface area contributed by atoms with Gasteiger partial charge in [-0.15, -0.1) is 6.58 Å². The first kappa shape index (κ1) is 13.7. The van der Waals surface area contributed by atoms with Gasteiger partial charge in [-0.2, -0.15) is 0 Å². The van der Waals surface area contributed by atoms with Crippen LogP contribution in [-0.2, 0) is 9.59 Å². The van der Waals surface area contributed by atoms with E-state index >= 15 is 0 Å². The van der Waals surface area contributed by atoms with Crippen molar-refractivity contribution in [1.82, 2.24) is 4.90 Å². The van der Waals surface area contributed by atoms with Crippen LogP contribution in [0.5, 0.6) is 0 Å². The summed E-state index contributed by atoms with van der Waals surface area (Å²) in [7, 11) is 0. The van der Waals surface area contributed by atoms with Gasteiger partial charge in [-0.1, -0.05) is 13.0 Å². The van der Waals surface area contributed by atoms with E-state index in [4.69, 9.17) is 5.11 Å². The molecule has 2 atom stereocenters. The lowest BCUT2D eigenvalue weighted by molar-refractivity contribution is -0.138. The molecule has 1 amide bonds. The summed E-state index contributed by atoms with van der Waals surface area (Å²) in [6.45, 7) is 7.01. The second kappa shape index (κ2) is 6.42. The Hall–Kier alpha value is -1.32. The Kier molecular flexibility index (Phi) is 5.19. The van der Waals surface area contributed by atoms with Crippen LogP contribution in [0.1, 0.15) is 32.6 Å². The highest BCUT2D eigenvalue weighted by molar-refractivity contribution is 5.77. The lowest BCUT2D eigenvalue weighted by atomic mass is 9.84. The van der Waals surface area contributed by atoms with Crippen molar-refractivity contribution in [1.29, 1.82) is 0 Å². The van der Waals surface area contributed by atoms with Crippen LogP contribution in [0.4, 0.5) is 0 Å². The van der Waals surface area contributed by atoms with Crippen LogP contribution in [-0.4, -0.2) is 35.0 Å². The van der Waals surface area contributed by atoms with Crippen molar-refractivity contribution in [3.05, 3.63) is 12.7 Å². The minimum absolute atomic E-state index is 0.104. The van der Waals surface area contributed by atoms with Gasteiger partial charge in [0, 0.05) is 25.9 Å². The summed E-state index contributed by atoms with van der Waals surface area (Å²) in [4.78, 5) is 24.2. The van der Waals surface area contributed by atoms with Gasteiger partial charge in [0.05, 0.1) is 0 Å². The third kappa shape index (κ3) is 4.21. The average molecular weight is 239 g/mol. The quantitative estimate of drug-likeness (QED) is 0.746. The minimum atomic E-state index is -0.757. The monoisotopic (exact) mass is 239 g/mol. The summed E-state index contributed by atoms with van der Waals surface area (Å²) in [6, 6.07) is 0. The molecule has 1 aliphatic heterocycles. The fraction of sp³-hybridized carbons (Fsp3) is 0.692. The molecule has 1 fully saturated rings. The van der Waals surface area contributed by atoms with E-state index in [0.717, 1.165) is 19.4 Å². The molecule has 4 heteroatoms. The van der Waals surface area contributed by atoms with Gasteiger partial charge in [0.2, 0.25) is 5.91 Å². The first-order valence-corrected chi connectivity index (χ1v) is 6.15. The molecule has 1 rings (SSSR count). The number of carbonyl (C=O) groups excluding carboxylic acids is 1. The number of piperidine rings is 1. The van der Waals surface area contributed by atoms with E-state index in [1.54, 1.807) is 6.08 Å². The molecule has 1 N–H and O–H groups in total. The molecule has 0 aromatic heterocycles. The lowest BCUT2D eigenvalue weighted by Crippen LogP contribution is -2.41. The van der Waals surface area contributed by atoms with Gasteiger partial charge in [-0.3, -0.25) is 9.59 Å². The van der Waals surface area contributed by atoms with Crippen molar-refractivity contribution >= 4 is 11.9 Å². The van der Waals surface area contributed by atoms with Crippen LogP contribution in [0.3, 0.4) is 0 Å². The number of carbonyl (C=O) groups is 2. The fourth-order valence-corrected chi connectivity index (χ4v) is 2.40. The molecule has 17 heavy (non-hydrogen) atoms. The Labute approximate surface area is 102 Å². The van der Waals surface area contributed by atoms with Gasteiger partial charge < -0.3 is 10.0 Å². The molecule has 1 aliphatic rings. The van der Waals surface area contributed by atoms with E-state index < -0.39 is 5.97 Å². The van der Waals surface area contributed by atoms with Crippen molar-refractivity contribution in [3.63, 3.8) is 0 Å². The van der Waals surface area contributed by atoms with Crippen LogP contribution < -0.4 is 0 Å². The summed E-state index contributed by atoms with van der Waals surface area (Å²) in [5.41, 5.74) is 0. The molecule has 0 bridgehead atoms. The van der Waals surface area contributed by atoms with Crippen LogP contribution in [0.25, 0.3) is 0 Å². The number of hydrogen-bond acceptors (Lipinski definition) is 2. The molecule has 2 unspecified atom stereocenters. The second-order valence-electron chi connectivity index (χ2n) is 4.81. The summed E-state index contributed by atoms with van der Waals surface area (Å²) in [5.74, 6) is -0.209. The van der Waals surface area contributed by atoms with E-state index in [1.807, 2.05) is 11.8 Å². The maximum atomic E-state index is 11.7. The molecule has 0 aromatic carbocycles. The van der Waals surface area contributed by atoms with Crippen molar-refractivity contribution in [3.8, 4) is 0 Å². The average Bonchev–Trinajstić information content (AvgIpc) is 2.28. The summed E-state index contributed by atoms with van der Waals surface area (Å²) < 4.78 is 0. The third-order valence-electron chi connectivity index (χ3n) is 3.43. The van der Waals surface area contributed by atoms with Gasteiger partial charge in [-0.25, -0.2) is 0 Å². The maximum absolute atomic E-state index is 11.7. The van der Waals surface area contributed by atoms with Gasteiger partial charge >= 0.3 is 5.97 Å². The Morgan fingerprint density at radius 1 is 1.59 bits per heavy atom. The van der Waals surface area contributed by atoms with Crippen LogP contribution >= 0.6 is 0 Å². The molecule has 1 saturated heterocycles. The smallest absolute Gasteiger partial charge is 0.303 e. The number of carboxylic acid groups (broad SMARTS) is 1. The Bertz CT molecular complexity index is 301. The number of likely N-dealkylation sites (tertiary alicyclic amines) is 1. The topological polar surface area (TPSA) is 57.6 Å². The SMILES string of the molecule is C=CCC(=O)N1CCCC(C(C)CC(=O)O)C1. The minimum Gasteiger partial charge on any atom is -0.481 e. The van der Waals surface area contributed by atoms with Gasteiger partial charge in [0.1, 0.15) is 0 Å². The van der Waals surface area contributed by atoms with Crippen molar-refractivity contribution in [2.75, 3.05) is 13.1 Å². The van der Waals surface area contributed by atoms with E-state index in [0.29, 0.717) is 18.9 Å². The highest BCUT2D eigenvalue weighted by atomic mass is 16.4. The number of amides is 1. The first-order chi connectivity index (χ1) is 8.04. The molecule has 0 aromatic rings. The van der Waals surface area contributed by atoms with Crippen LogP contribution in [0.2, 0.25) is 0 Å². The second-order valence-corrected chi connectivity index (χ2v) is 4.81. The summed E-state index contributed by atoms with van der Waals surface area (Å²) in [6.07, 6.45) is 4.17. The number of rotatable bonds is 5. The largest absolute Gasteiger partial charge is 0.481 e. The van der Waals surface area contributed by atoms with E-state index in [2.05, 4.69) is 6.58 Å². The maximum Gasteiger partial charge on any atom is 0.303 e. The Morgan fingerprint density at radius 3 is 2.88 bits per heavy atom. The molecule has 0 spiro atoms. The number of nitrogens with zero attached hydrogens (tertiary/aromatic N) is 1. The number of hydrogen-bond donors (Lipinski definition) is 1. The first-order valence-electron chi connectivity index (χ1n) is 6.15. The Balaban J connectivity index is 2.50. The molecule has 0 saturated carbocycles. The molecular formula is C13H21NO3. The zero-order valence-corrected chi connectivity index (χ0v) is 10.4. The van der Waals surface area contributed by atoms with E-state index in [-0.39, 0.29) is 18.2 Å². The molecule has 96 valence electrons. The normalized spacial score (nSPS) is 21.9. The third-order valence-corrected chi connectivity index (χ3v) is 3.43. The van der Waals surface area contributed by atoms with Crippen LogP contribution in [0, 0.1) is 11.8 Å². The van der Waals surface area contributed by atoms with Gasteiger partial charge in [0.15, 0.2) is 0 Å². The summed E-state index contributed by atoms with van der Waals surface area (Å²) >= 11 is 0. The number of aliphatic carboxylic acids is 1. The molecule has 1 heterocycles. The Morgan fingerprint density at radius 2 is 2.29 bits per heavy atom. The highest BCUT2D eigenvalue weighted by Crippen LogP contribution is 2.26.